The van der Waals surface area contributed by atoms with E-state index in [1.165, 1.54) is 12.1 Å². The van der Waals surface area contributed by atoms with Gasteiger partial charge in [0.15, 0.2) is 4.90 Å². The van der Waals surface area contributed by atoms with Crippen LogP contribution in [0.2, 0.25) is 0 Å². The summed E-state index contributed by atoms with van der Waals surface area (Å²) in [5, 5.41) is 0. The lowest BCUT2D eigenvalue weighted by molar-refractivity contribution is 0.521. The molecule has 0 fully saturated rings. The van der Waals surface area contributed by atoms with Crippen molar-refractivity contribution in [2.24, 2.45) is 0 Å². The summed E-state index contributed by atoms with van der Waals surface area (Å²) in [5.41, 5.74) is -0.123. The smallest absolute Gasteiger partial charge is 0.267 e. The molecule has 19 heavy (non-hydrogen) atoms. The van der Waals surface area contributed by atoms with Gasteiger partial charge in [-0.25, -0.2) is 21.6 Å². The van der Waals surface area contributed by atoms with Gasteiger partial charge >= 0.3 is 0 Å². The number of rotatable bonds is 3. The van der Waals surface area contributed by atoms with Crippen LogP contribution < -0.4 is 4.72 Å². The van der Waals surface area contributed by atoms with Gasteiger partial charge in [-0.1, -0.05) is 12.1 Å². The fraction of sp³-hybridized carbons (Fsp3) is 0. The van der Waals surface area contributed by atoms with Crippen molar-refractivity contribution in [2.45, 2.75) is 4.90 Å². The highest BCUT2D eigenvalue weighted by Gasteiger charge is 2.23. The molecular weight excluding hydrogens is 279 g/mol. The van der Waals surface area contributed by atoms with Gasteiger partial charge in [-0.15, -0.1) is 0 Å². The number of sulfonamides is 1. The van der Waals surface area contributed by atoms with Crippen molar-refractivity contribution < 1.29 is 21.6 Å². The summed E-state index contributed by atoms with van der Waals surface area (Å²) in [5.74, 6) is -3.11. The normalized spacial score (nSPS) is 11.3. The zero-order valence-electron chi connectivity index (χ0n) is 9.40. The minimum Gasteiger partial charge on any atom is -0.279 e. The van der Waals surface area contributed by atoms with Gasteiger partial charge < -0.3 is 0 Å². The molecule has 2 aromatic carbocycles. The Morgan fingerprint density at radius 3 is 2.05 bits per heavy atom. The molecule has 3 nitrogen and oxygen atoms in total. The van der Waals surface area contributed by atoms with Crippen molar-refractivity contribution in [3.8, 4) is 0 Å². The fourth-order valence-electron chi connectivity index (χ4n) is 1.50. The number of hydrogen-bond acceptors (Lipinski definition) is 2. The third kappa shape index (κ3) is 2.87. The maximum absolute atomic E-state index is 13.4. The molecule has 0 spiro atoms. The summed E-state index contributed by atoms with van der Waals surface area (Å²) in [6.45, 7) is 0. The van der Waals surface area contributed by atoms with Gasteiger partial charge in [0.05, 0.1) is 5.69 Å². The van der Waals surface area contributed by atoms with Gasteiger partial charge in [0.25, 0.3) is 10.0 Å². The highest BCUT2D eigenvalue weighted by molar-refractivity contribution is 7.92. The first-order valence-electron chi connectivity index (χ1n) is 5.12. The Morgan fingerprint density at radius 1 is 0.895 bits per heavy atom. The van der Waals surface area contributed by atoms with E-state index in [0.717, 1.165) is 30.3 Å². The number of hydrogen-bond donors (Lipinski definition) is 1. The molecule has 0 bridgehead atoms. The summed E-state index contributed by atoms with van der Waals surface area (Å²) in [6, 6.07) is 7.24. The Morgan fingerprint density at radius 2 is 1.47 bits per heavy atom. The molecule has 0 saturated carbocycles. The lowest BCUT2D eigenvalue weighted by Gasteiger charge is -2.09. The molecular formula is C12H8F3NO2S. The first-order chi connectivity index (χ1) is 8.90. The molecule has 2 aromatic rings. The van der Waals surface area contributed by atoms with Crippen LogP contribution >= 0.6 is 0 Å². The maximum atomic E-state index is 13.4. The molecule has 0 radical (unpaired) electrons. The molecule has 0 aliphatic heterocycles. The van der Waals surface area contributed by atoms with Crippen LogP contribution in [0, 0.1) is 17.5 Å². The van der Waals surface area contributed by atoms with Crippen molar-refractivity contribution in [1.82, 2.24) is 0 Å². The van der Waals surface area contributed by atoms with Crippen LogP contribution in [-0.2, 0) is 10.0 Å². The van der Waals surface area contributed by atoms with E-state index in [-0.39, 0.29) is 5.69 Å². The van der Waals surface area contributed by atoms with Crippen molar-refractivity contribution in [2.75, 3.05) is 4.72 Å². The first-order valence-corrected chi connectivity index (χ1v) is 6.61. The third-order valence-corrected chi connectivity index (χ3v) is 3.70. The molecule has 0 heterocycles. The zero-order valence-corrected chi connectivity index (χ0v) is 10.2. The molecule has 0 unspecified atom stereocenters. The topological polar surface area (TPSA) is 46.2 Å². The van der Waals surface area contributed by atoms with Crippen LogP contribution in [0.15, 0.2) is 47.4 Å². The SMILES string of the molecule is O=S(=O)(Nc1cccc(F)c1)c1c(F)cccc1F. The molecule has 2 rings (SSSR count). The second kappa shape index (κ2) is 4.93. The Kier molecular flexibility index (Phi) is 3.48. The van der Waals surface area contributed by atoms with Gasteiger partial charge in [0.2, 0.25) is 0 Å². The van der Waals surface area contributed by atoms with Crippen molar-refractivity contribution in [3.05, 3.63) is 59.9 Å². The lowest BCUT2D eigenvalue weighted by Crippen LogP contribution is -2.16. The van der Waals surface area contributed by atoms with Crippen LogP contribution in [-0.4, -0.2) is 8.42 Å². The van der Waals surface area contributed by atoms with Crippen LogP contribution in [0.1, 0.15) is 0 Å². The summed E-state index contributed by atoms with van der Waals surface area (Å²) in [7, 11) is -4.46. The highest BCUT2D eigenvalue weighted by atomic mass is 32.2. The monoisotopic (exact) mass is 287 g/mol. The van der Waals surface area contributed by atoms with Gasteiger partial charge in [-0.05, 0) is 30.3 Å². The minimum absolute atomic E-state index is 0.123. The fourth-order valence-corrected chi connectivity index (χ4v) is 2.69. The van der Waals surface area contributed by atoms with E-state index in [9.17, 15) is 21.6 Å². The van der Waals surface area contributed by atoms with E-state index in [0.29, 0.717) is 0 Å². The van der Waals surface area contributed by atoms with Gasteiger partial charge in [-0.3, -0.25) is 4.72 Å². The lowest BCUT2D eigenvalue weighted by atomic mass is 10.3. The Bertz CT molecular complexity index is 696. The van der Waals surface area contributed by atoms with Gasteiger partial charge in [0, 0.05) is 0 Å². The van der Waals surface area contributed by atoms with Crippen molar-refractivity contribution in [3.63, 3.8) is 0 Å². The summed E-state index contributed by atoms with van der Waals surface area (Å²) < 4.78 is 65.3. The Labute approximate surface area is 107 Å². The molecule has 0 saturated heterocycles. The molecule has 0 amide bonds. The molecule has 100 valence electrons. The largest absolute Gasteiger partial charge is 0.279 e. The van der Waals surface area contributed by atoms with Crippen molar-refractivity contribution in [1.29, 1.82) is 0 Å². The predicted octanol–water partition coefficient (Wildman–Crippen LogP) is 2.90. The molecule has 0 aromatic heterocycles. The van der Waals surface area contributed by atoms with Gasteiger partial charge in [-0.2, -0.15) is 0 Å². The van der Waals surface area contributed by atoms with E-state index < -0.39 is 32.4 Å². The third-order valence-electron chi connectivity index (χ3n) is 2.26. The zero-order chi connectivity index (χ0) is 14.0. The number of anilines is 1. The van der Waals surface area contributed by atoms with Crippen molar-refractivity contribution >= 4 is 15.7 Å². The predicted molar refractivity (Wildman–Crippen MR) is 63.6 cm³/mol. The minimum atomic E-state index is -4.46. The molecule has 0 atom stereocenters. The molecule has 7 heteroatoms. The number of halogens is 3. The maximum Gasteiger partial charge on any atom is 0.267 e. The van der Waals surface area contributed by atoms with Crippen LogP contribution in [0.5, 0.6) is 0 Å². The number of benzene rings is 2. The van der Waals surface area contributed by atoms with E-state index in [1.54, 1.807) is 0 Å². The Hall–Kier alpha value is -2.02. The van der Waals surface area contributed by atoms with E-state index in [4.69, 9.17) is 0 Å². The Balaban J connectivity index is 2.44. The van der Waals surface area contributed by atoms with E-state index >= 15 is 0 Å². The van der Waals surface area contributed by atoms with Crippen LogP contribution in [0.4, 0.5) is 18.9 Å². The highest BCUT2D eigenvalue weighted by Crippen LogP contribution is 2.21. The van der Waals surface area contributed by atoms with E-state index in [1.807, 2.05) is 4.72 Å². The number of nitrogens with one attached hydrogen (secondary N) is 1. The standard InChI is InChI=1S/C12H8F3NO2S/c13-8-3-1-4-9(7-8)16-19(17,18)12-10(14)5-2-6-11(12)15/h1-7,16H. The first kappa shape index (κ1) is 13.4. The molecule has 0 aliphatic carbocycles. The molecule has 0 aliphatic rings. The second-order valence-electron chi connectivity index (χ2n) is 3.67. The summed E-state index contributed by atoms with van der Waals surface area (Å²) >= 11 is 0. The quantitative estimate of drug-likeness (QED) is 0.943. The molecule has 1 N–H and O–H groups in total. The second-order valence-corrected chi connectivity index (χ2v) is 5.29. The van der Waals surface area contributed by atoms with Gasteiger partial charge in [0.1, 0.15) is 17.5 Å². The summed E-state index contributed by atoms with van der Waals surface area (Å²) in [4.78, 5) is -1.10. The summed E-state index contributed by atoms with van der Waals surface area (Å²) in [6.07, 6.45) is 0. The average Bonchev–Trinajstić information content (AvgIpc) is 2.27. The van der Waals surface area contributed by atoms with Crippen LogP contribution in [0.25, 0.3) is 0 Å². The van der Waals surface area contributed by atoms with E-state index in [2.05, 4.69) is 0 Å². The van der Waals surface area contributed by atoms with Crippen LogP contribution in [0.3, 0.4) is 0 Å². The average molecular weight is 287 g/mol.